The molecule has 154 valence electrons. The van der Waals surface area contributed by atoms with Crippen molar-refractivity contribution in [3.63, 3.8) is 0 Å². The highest BCUT2D eigenvalue weighted by atomic mass is 32.1. The van der Waals surface area contributed by atoms with Crippen molar-refractivity contribution in [1.82, 2.24) is 14.9 Å². The number of hydrogen-bond donors (Lipinski definition) is 0. The summed E-state index contributed by atoms with van der Waals surface area (Å²) in [6.45, 7) is 2.71. The lowest BCUT2D eigenvalue weighted by molar-refractivity contribution is -0.129. The molecule has 1 aromatic carbocycles. The van der Waals surface area contributed by atoms with Crippen molar-refractivity contribution >= 4 is 28.2 Å². The van der Waals surface area contributed by atoms with Gasteiger partial charge in [-0.3, -0.25) is 9.78 Å². The van der Waals surface area contributed by atoms with Crippen molar-refractivity contribution in [3.8, 4) is 10.6 Å². The van der Waals surface area contributed by atoms with Crippen molar-refractivity contribution < 1.29 is 9.21 Å². The Bertz CT molecular complexity index is 1130. The fraction of sp³-hybridized carbons (Fsp3) is 0.292. The number of thiazole rings is 1. The molecule has 0 atom stereocenters. The van der Waals surface area contributed by atoms with E-state index in [0.717, 1.165) is 57.8 Å². The van der Waals surface area contributed by atoms with Crippen LogP contribution in [0, 0.1) is 0 Å². The van der Waals surface area contributed by atoms with Crippen LogP contribution in [0.1, 0.15) is 36.8 Å². The van der Waals surface area contributed by atoms with Crippen molar-refractivity contribution in [3.05, 3.63) is 71.2 Å². The average molecular weight is 420 g/mol. The summed E-state index contributed by atoms with van der Waals surface area (Å²) in [6.07, 6.45) is 6.88. The molecule has 0 bridgehead atoms. The van der Waals surface area contributed by atoms with E-state index in [0.29, 0.717) is 6.54 Å². The van der Waals surface area contributed by atoms with E-state index >= 15 is 0 Å². The summed E-state index contributed by atoms with van der Waals surface area (Å²) >= 11 is 1.54. The zero-order valence-corrected chi connectivity index (χ0v) is 18.1. The van der Waals surface area contributed by atoms with E-state index in [1.807, 2.05) is 42.8 Å². The first-order valence-corrected chi connectivity index (χ1v) is 11.1. The molecule has 4 aromatic rings. The van der Waals surface area contributed by atoms with Gasteiger partial charge in [-0.05, 0) is 24.6 Å². The minimum absolute atomic E-state index is 0.0461. The Morgan fingerprint density at radius 2 is 2.07 bits per heavy atom. The number of para-hydroxylation sites is 1. The van der Waals surface area contributed by atoms with Crippen LogP contribution in [0.4, 0.5) is 0 Å². The number of rotatable bonds is 8. The van der Waals surface area contributed by atoms with Gasteiger partial charge in [-0.2, -0.15) is 0 Å². The molecule has 0 saturated carbocycles. The molecule has 0 unspecified atom stereocenters. The van der Waals surface area contributed by atoms with E-state index in [1.54, 1.807) is 17.3 Å². The topological polar surface area (TPSA) is 59.2 Å². The lowest BCUT2D eigenvalue weighted by Crippen LogP contribution is -2.28. The summed E-state index contributed by atoms with van der Waals surface area (Å²) in [5, 5.41) is 3.93. The van der Waals surface area contributed by atoms with Crippen LogP contribution in [0.25, 0.3) is 21.5 Å². The van der Waals surface area contributed by atoms with Gasteiger partial charge in [0.15, 0.2) is 0 Å². The lowest BCUT2D eigenvalue weighted by Gasteiger charge is -2.17. The molecule has 5 nitrogen and oxygen atoms in total. The number of likely N-dealkylation sites (N-methyl/N-ethyl adjacent to an activating group) is 1. The van der Waals surface area contributed by atoms with Gasteiger partial charge in [-0.25, -0.2) is 4.98 Å². The molecule has 4 rings (SSSR count). The Hall–Kier alpha value is -2.99. The van der Waals surface area contributed by atoms with Crippen LogP contribution < -0.4 is 0 Å². The molecule has 0 spiro atoms. The molecular weight excluding hydrogens is 394 g/mol. The molecule has 1 amide bonds. The monoisotopic (exact) mass is 419 g/mol. The van der Waals surface area contributed by atoms with E-state index in [2.05, 4.69) is 23.0 Å². The van der Waals surface area contributed by atoms with Gasteiger partial charge in [0, 0.05) is 54.3 Å². The molecule has 0 saturated heterocycles. The molecule has 3 aromatic heterocycles. The molecule has 0 radical (unpaired) electrons. The van der Waals surface area contributed by atoms with Crippen molar-refractivity contribution in [2.45, 2.75) is 39.2 Å². The summed E-state index contributed by atoms with van der Waals surface area (Å²) in [4.78, 5) is 23.4. The minimum Gasteiger partial charge on any atom is -0.461 e. The molecule has 0 aliphatic rings. The zero-order chi connectivity index (χ0) is 20.9. The smallest absolute Gasteiger partial charge is 0.228 e. The van der Waals surface area contributed by atoms with Crippen LogP contribution in [0.3, 0.4) is 0 Å². The maximum Gasteiger partial charge on any atom is 0.228 e. The van der Waals surface area contributed by atoms with Crippen LogP contribution in [0.15, 0.2) is 58.6 Å². The number of aryl methyl sites for hydroxylation is 1. The molecule has 30 heavy (non-hydrogen) atoms. The molecule has 3 heterocycles. The number of carbonyl (C=O) groups is 1. The van der Waals surface area contributed by atoms with Gasteiger partial charge < -0.3 is 9.32 Å². The number of amides is 1. The van der Waals surface area contributed by atoms with Crippen molar-refractivity contribution in [2.24, 2.45) is 0 Å². The highest BCUT2D eigenvalue weighted by Crippen LogP contribution is 2.28. The Balaban J connectivity index is 1.48. The van der Waals surface area contributed by atoms with Gasteiger partial charge in [0.25, 0.3) is 0 Å². The summed E-state index contributed by atoms with van der Waals surface area (Å²) in [5.41, 5.74) is 3.77. The normalized spacial score (nSPS) is 11.1. The van der Waals surface area contributed by atoms with Crippen LogP contribution in [0.2, 0.25) is 0 Å². The highest BCUT2D eigenvalue weighted by molar-refractivity contribution is 7.13. The van der Waals surface area contributed by atoms with Gasteiger partial charge >= 0.3 is 0 Å². The van der Waals surface area contributed by atoms with Crippen LogP contribution in [0.5, 0.6) is 0 Å². The quantitative estimate of drug-likeness (QED) is 0.379. The SMILES string of the molecule is CCCCc1oc2ccccc2c1CN(C)C(=O)Cc1csc(-c2cccnc2)n1. The fourth-order valence-electron chi connectivity index (χ4n) is 3.49. The number of pyridine rings is 1. The fourth-order valence-corrected chi connectivity index (χ4v) is 4.30. The Kier molecular flexibility index (Phi) is 6.23. The third-order valence-electron chi connectivity index (χ3n) is 5.15. The number of fused-ring (bicyclic) bond motifs is 1. The van der Waals surface area contributed by atoms with E-state index in [1.165, 1.54) is 11.3 Å². The van der Waals surface area contributed by atoms with Crippen molar-refractivity contribution in [1.29, 1.82) is 0 Å². The van der Waals surface area contributed by atoms with Gasteiger partial charge in [0.1, 0.15) is 16.4 Å². The van der Waals surface area contributed by atoms with Crippen LogP contribution in [-0.4, -0.2) is 27.8 Å². The predicted octanol–water partition coefficient (Wildman–Crippen LogP) is 5.50. The molecular formula is C24H25N3O2S. The maximum atomic E-state index is 12.9. The highest BCUT2D eigenvalue weighted by Gasteiger charge is 2.19. The van der Waals surface area contributed by atoms with Crippen LogP contribution >= 0.6 is 11.3 Å². The molecule has 0 aliphatic carbocycles. The zero-order valence-electron chi connectivity index (χ0n) is 17.3. The minimum atomic E-state index is 0.0461. The predicted molar refractivity (Wildman–Crippen MR) is 120 cm³/mol. The van der Waals surface area contributed by atoms with Gasteiger partial charge in [-0.15, -0.1) is 11.3 Å². The maximum absolute atomic E-state index is 12.9. The molecule has 6 heteroatoms. The van der Waals surface area contributed by atoms with Gasteiger partial charge in [0.05, 0.1) is 12.1 Å². The summed E-state index contributed by atoms with van der Waals surface area (Å²) in [6, 6.07) is 11.9. The number of benzene rings is 1. The van der Waals surface area contributed by atoms with Gasteiger partial charge in [0.2, 0.25) is 5.91 Å². The second-order valence-electron chi connectivity index (χ2n) is 7.42. The average Bonchev–Trinajstić information content (AvgIpc) is 3.38. The van der Waals surface area contributed by atoms with E-state index in [9.17, 15) is 4.79 Å². The third-order valence-corrected chi connectivity index (χ3v) is 6.09. The second-order valence-corrected chi connectivity index (χ2v) is 8.27. The summed E-state index contributed by atoms with van der Waals surface area (Å²) in [7, 11) is 1.85. The summed E-state index contributed by atoms with van der Waals surface area (Å²) in [5.74, 6) is 1.04. The first kappa shape index (κ1) is 20.3. The van der Waals surface area contributed by atoms with E-state index in [-0.39, 0.29) is 12.3 Å². The van der Waals surface area contributed by atoms with E-state index < -0.39 is 0 Å². The summed E-state index contributed by atoms with van der Waals surface area (Å²) < 4.78 is 6.10. The molecule has 0 N–H and O–H groups in total. The number of hydrogen-bond acceptors (Lipinski definition) is 5. The molecule has 0 aliphatic heterocycles. The largest absolute Gasteiger partial charge is 0.461 e. The number of nitrogens with zero attached hydrogens (tertiary/aromatic N) is 3. The standard InChI is InChI=1S/C24H25N3O2S/c1-3-4-10-22-20(19-9-5-6-11-21(19)29-22)15-27(2)23(28)13-18-16-30-24(26-18)17-8-7-12-25-14-17/h5-9,11-12,14,16H,3-4,10,13,15H2,1-2H3. The Morgan fingerprint density at radius 3 is 2.87 bits per heavy atom. The molecule has 0 fully saturated rings. The lowest BCUT2D eigenvalue weighted by atomic mass is 10.1. The number of unbranched alkanes of at least 4 members (excludes halogenated alkanes) is 1. The Morgan fingerprint density at radius 1 is 1.20 bits per heavy atom. The second kappa shape index (κ2) is 9.22. The number of carbonyl (C=O) groups excluding carboxylic acids is 1. The Labute approximate surface area is 180 Å². The van der Waals surface area contributed by atoms with Gasteiger partial charge in [-0.1, -0.05) is 31.5 Å². The van der Waals surface area contributed by atoms with Crippen LogP contribution in [-0.2, 0) is 24.2 Å². The first-order valence-electron chi connectivity index (χ1n) is 10.2. The number of furan rings is 1. The van der Waals surface area contributed by atoms with E-state index in [4.69, 9.17) is 4.42 Å². The third kappa shape index (κ3) is 4.44. The van der Waals surface area contributed by atoms with Crippen molar-refractivity contribution in [2.75, 3.05) is 7.05 Å². The first-order chi connectivity index (χ1) is 14.7. The number of aromatic nitrogens is 2.